The van der Waals surface area contributed by atoms with Gasteiger partial charge in [0.05, 0.1) is 0 Å². The summed E-state index contributed by atoms with van der Waals surface area (Å²) in [6, 6.07) is 0. The maximum absolute atomic E-state index is 0. The molecule has 0 aromatic heterocycles. The molecule has 0 rings (SSSR count). The van der Waals surface area contributed by atoms with Crippen molar-refractivity contribution in [2.75, 3.05) is 0 Å². The minimum absolute atomic E-state index is 0. The van der Waals surface area contributed by atoms with Gasteiger partial charge >= 0.3 is 64.2 Å². The number of hydrogen-bond donors (Lipinski definition) is 0. The molecule has 0 aromatic rings. The van der Waals surface area contributed by atoms with Gasteiger partial charge < -0.3 is 23.7 Å². The predicted octanol–water partition coefficient (Wildman–Crippen LogP) is -0.767. The summed E-state index contributed by atoms with van der Waals surface area (Å²) < 4.78 is 0. The Kier molecular flexibility index (Phi) is 122. The third-order valence-electron chi connectivity index (χ3n) is 0. The van der Waals surface area contributed by atoms with E-state index in [2.05, 4.69) is 0 Å². The third-order valence-corrected chi connectivity index (χ3v) is 0. The van der Waals surface area contributed by atoms with Crippen LogP contribution in [0.3, 0.4) is 0 Å². The Balaban J connectivity index is 0. The van der Waals surface area contributed by atoms with Crippen LogP contribution in [0.2, 0.25) is 0 Å². The Morgan fingerprint density at radius 1 is 1.00 bits per heavy atom. The molecule has 4 heteroatoms. The zero-order chi connectivity index (χ0) is 0. The van der Waals surface area contributed by atoms with Gasteiger partial charge in [0.1, 0.15) is 0 Å². The molecule has 0 spiro atoms. The maximum atomic E-state index is 0. The average Bonchev–Trinajstić information content (AvgIpc) is 0. The fourth-order valence-corrected chi connectivity index (χ4v) is 0. The van der Waals surface area contributed by atoms with Crippen molar-refractivity contribution in [1.82, 2.24) is 0 Å². The molecule has 0 aliphatic heterocycles. The van der Waals surface area contributed by atoms with E-state index in [1.165, 1.54) is 0 Å². The van der Waals surface area contributed by atoms with Crippen LogP contribution < -0.4 is 0 Å². The molecule has 0 aliphatic rings. The van der Waals surface area contributed by atoms with E-state index in [4.69, 9.17) is 0 Å². The molecule has 0 N–H and O–H groups in total. The second kappa shape index (κ2) is 16.9. The molecule has 0 aromatic carbocycles. The summed E-state index contributed by atoms with van der Waals surface area (Å²) in [5.74, 6) is 0. The van der Waals surface area contributed by atoms with Crippen LogP contribution in [0.4, 0.5) is 0 Å². The van der Waals surface area contributed by atoms with Crippen LogP contribution in [0.5, 0.6) is 0 Å². The molecule has 0 nitrogen and oxygen atoms in total. The van der Waals surface area contributed by atoms with E-state index in [0.717, 1.165) is 0 Å². The van der Waals surface area contributed by atoms with Crippen molar-refractivity contribution in [3.8, 4) is 0 Å². The minimum Gasteiger partial charge on any atom is -2.00 e. The van der Waals surface area contributed by atoms with Crippen LogP contribution >= 0.6 is 0 Å². The Morgan fingerprint density at radius 2 is 1.00 bits per heavy atom. The fraction of sp³-hybridized carbons (Fsp3) is 0. The van der Waals surface area contributed by atoms with Crippen molar-refractivity contribution in [3.63, 3.8) is 0 Å². The molecular formula is HgSeTeZn+3. The van der Waals surface area contributed by atoms with Crippen molar-refractivity contribution < 1.29 is 47.1 Å². The quantitative estimate of drug-likeness (QED) is 0.407. The van der Waals surface area contributed by atoms with Crippen molar-refractivity contribution in [1.29, 1.82) is 0 Å². The van der Waals surface area contributed by atoms with Crippen LogP contribution in [-0.4, -0.2) is 40.7 Å². The molecule has 0 amide bonds. The summed E-state index contributed by atoms with van der Waals surface area (Å²) in [5, 5.41) is 0. The summed E-state index contributed by atoms with van der Waals surface area (Å²) in [6.07, 6.45) is 0. The van der Waals surface area contributed by atoms with Gasteiger partial charge in [-0.25, -0.2) is 0 Å². The molecule has 4 heavy (non-hydrogen) atoms. The number of rotatable bonds is 0. The topological polar surface area (TPSA) is 0 Å². The zero-order valence-electron chi connectivity index (χ0n) is 2.23. The predicted molar refractivity (Wildman–Crippen MR) is 11.5 cm³/mol. The smallest absolute Gasteiger partial charge is 2.00 e. The fourth-order valence-electron chi connectivity index (χ4n) is 0. The minimum atomic E-state index is 0. The molecule has 0 fully saturated rings. The third kappa shape index (κ3) is 8.85. The van der Waals surface area contributed by atoms with E-state index in [0.29, 0.717) is 0 Å². The largest absolute Gasteiger partial charge is 2.00 e. The Morgan fingerprint density at radius 3 is 1.00 bits per heavy atom. The summed E-state index contributed by atoms with van der Waals surface area (Å²) in [7, 11) is 0. The second-order valence-electron chi connectivity index (χ2n) is 0. The van der Waals surface area contributed by atoms with Gasteiger partial charge in [-0.2, -0.15) is 0 Å². The summed E-state index contributed by atoms with van der Waals surface area (Å²) in [6.45, 7) is 0. The van der Waals surface area contributed by atoms with Gasteiger partial charge in [-0.1, -0.05) is 0 Å². The summed E-state index contributed by atoms with van der Waals surface area (Å²) in [5.41, 5.74) is 0. The van der Waals surface area contributed by atoms with E-state index in [1.807, 2.05) is 0 Å². The van der Waals surface area contributed by atoms with Gasteiger partial charge in [0.15, 0.2) is 0 Å². The Hall–Kier alpha value is 2.87. The van der Waals surface area contributed by atoms with Crippen LogP contribution in [0.25, 0.3) is 0 Å². The summed E-state index contributed by atoms with van der Waals surface area (Å²) in [4.78, 5) is 0. The Labute approximate surface area is 86.3 Å². The summed E-state index contributed by atoms with van der Waals surface area (Å²) >= 11 is 0. The standard InChI is InChI=1S/Hg.Se.Te.Zn/q+1;+2;-2;+2. The number of hydrogen-bond acceptors (Lipinski definition) is 0. The molecular weight excluding hydrogens is 473 g/mol. The molecule has 0 saturated heterocycles. The van der Waals surface area contributed by atoms with Gasteiger partial charge in [-0.05, 0) is 0 Å². The molecule has 5 radical (unpaired) electrons. The molecule has 0 heterocycles. The van der Waals surface area contributed by atoms with Crippen LogP contribution in [0.1, 0.15) is 0 Å². The first-order chi connectivity index (χ1) is 0. The first-order valence-corrected chi connectivity index (χ1v) is 0. The molecule has 0 aliphatic carbocycles. The Bertz CT molecular complexity index is 8.00. The molecule has 0 saturated carbocycles. The van der Waals surface area contributed by atoms with Crippen LogP contribution in [0.15, 0.2) is 0 Å². The van der Waals surface area contributed by atoms with E-state index in [-0.39, 0.29) is 87.9 Å². The normalized spacial score (nSPS) is 0. The van der Waals surface area contributed by atoms with Gasteiger partial charge in [0, 0.05) is 0 Å². The first kappa shape index (κ1) is 28.8. The second-order valence-corrected chi connectivity index (χ2v) is 0. The average molecular weight is 473 g/mol. The zero-order valence-corrected chi connectivity index (χ0v) is 14.7. The van der Waals surface area contributed by atoms with Gasteiger partial charge in [-0.15, -0.1) is 0 Å². The van der Waals surface area contributed by atoms with E-state index < -0.39 is 0 Å². The molecule has 0 bridgehead atoms. The molecule has 0 unspecified atom stereocenters. The van der Waals surface area contributed by atoms with Gasteiger partial charge in [-0.3, -0.25) is 0 Å². The van der Waals surface area contributed by atoms with Crippen molar-refractivity contribution in [2.45, 2.75) is 0 Å². The van der Waals surface area contributed by atoms with Gasteiger partial charge in [0.2, 0.25) is 0 Å². The maximum Gasteiger partial charge on any atom is 2.00 e. The molecule has 13 valence electrons. The van der Waals surface area contributed by atoms with Gasteiger partial charge in [0.25, 0.3) is 0 Å². The van der Waals surface area contributed by atoms with Crippen molar-refractivity contribution >= 4 is 40.7 Å². The van der Waals surface area contributed by atoms with Crippen molar-refractivity contribution in [2.24, 2.45) is 0 Å². The first-order valence-electron chi connectivity index (χ1n) is 0. The van der Waals surface area contributed by atoms with Crippen LogP contribution in [-0.2, 0) is 47.1 Å². The SMILES string of the molecule is [Hg+].[Se+2].[Te-2].[Zn+2]. The van der Waals surface area contributed by atoms with E-state index in [1.54, 1.807) is 0 Å². The van der Waals surface area contributed by atoms with E-state index >= 15 is 0 Å². The van der Waals surface area contributed by atoms with E-state index in [9.17, 15) is 0 Å². The monoisotopic (exact) mass is 476 g/mol. The molecule has 0 atom stereocenters. The van der Waals surface area contributed by atoms with Crippen LogP contribution in [0, 0.1) is 0 Å². The van der Waals surface area contributed by atoms with Crippen molar-refractivity contribution in [3.05, 3.63) is 0 Å².